The molecule has 0 spiro atoms. The molecule has 1 amide bonds. The third kappa shape index (κ3) is 6.49. The molecule has 0 saturated carbocycles. The summed E-state index contributed by atoms with van der Waals surface area (Å²) in [7, 11) is 2.83. The van der Waals surface area contributed by atoms with Crippen LogP contribution in [0.25, 0.3) is 0 Å². The number of halogens is 2. The van der Waals surface area contributed by atoms with E-state index in [0.717, 1.165) is 4.42 Å². The summed E-state index contributed by atoms with van der Waals surface area (Å²) >= 11 is 12.5. The summed E-state index contributed by atoms with van der Waals surface area (Å²) in [6.45, 7) is 5.65. The Morgan fingerprint density at radius 3 is 2.12 bits per heavy atom. The van der Waals surface area contributed by atoms with Crippen LogP contribution in [0.3, 0.4) is 0 Å². The molecular weight excluding hydrogens is 473 g/mol. The van der Waals surface area contributed by atoms with Crippen LogP contribution in [-0.2, 0) is 9.59 Å². The van der Waals surface area contributed by atoms with Gasteiger partial charge in [-0.2, -0.15) is 5.11 Å². The summed E-state index contributed by atoms with van der Waals surface area (Å²) in [5.74, 6) is -0.00629. The number of Topliss-reactive ketones (excluding diaryl/α,β-unsaturated/α-hetero) is 1. The second-order valence-electron chi connectivity index (χ2n) is 6.51. The molecule has 0 aromatic heterocycles. The minimum atomic E-state index is -1.53. The van der Waals surface area contributed by atoms with Crippen LogP contribution in [0, 0.1) is 0 Å². The van der Waals surface area contributed by atoms with E-state index < -0.39 is 17.7 Å². The molecule has 0 fully saturated rings. The molecule has 9 nitrogen and oxygen atoms in total. The van der Waals surface area contributed by atoms with Gasteiger partial charge in [-0.3, -0.25) is 9.59 Å². The predicted molar refractivity (Wildman–Crippen MR) is 126 cm³/mol. The summed E-state index contributed by atoms with van der Waals surface area (Å²) < 4.78 is 22.3. The van der Waals surface area contributed by atoms with Crippen molar-refractivity contribution in [3.05, 3.63) is 35.4 Å². The van der Waals surface area contributed by atoms with Gasteiger partial charge in [0.05, 0.1) is 38.1 Å². The molecule has 0 radical (unpaired) electrons. The number of carbonyl (C=O) groups is 2. The highest BCUT2D eigenvalue weighted by molar-refractivity contribution is 6.39. The largest absolute Gasteiger partial charge is 0.494 e. The molecule has 0 aliphatic heterocycles. The molecule has 2 rings (SSSR count). The summed E-state index contributed by atoms with van der Waals surface area (Å²) in [4.78, 5) is 25.3. The summed E-state index contributed by atoms with van der Waals surface area (Å²) in [5.41, 5.74) is 0.375. The number of hydrogen-bond acceptors (Lipinski definition) is 8. The van der Waals surface area contributed by atoms with Gasteiger partial charge in [0, 0.05) is 30.0 Å². The first kappa shape index (κ1) is 26.2. The average Bonchev–Trinajstić information content (AvgIpc) is 2.78. The number of azo groups is 1. The van der Waals surface area contributed by atoms with E-state index in [-0.39, 0.29) is 22.1 Å². The Morgan fingerprint density at radius 1 is 1.03 bits per heavy atom. The fourth-order valence-electron chi connectivity index (χ4n) is 2.81. The minimum Gasteiger partial charge on any atom is -0.494 e. The normalized spacial score (nSPS) is 11.7. The van der Waals surface area contributed by atoms with Crippen molar-refractivity contribution in [1.29, 1.82) is 0 Å². The van der Waals surface area contributed by atoms with E-state index in [4.69, 9.17) is 42.3 Å². The second-order valence-corrected chi connectivity index (χ2v) is 7.25. The van der Waals surface area contributed by atoms with Gasteiger partial charge in [0.1, 0.15) is 17.2 Å². The monoisotopic (exact) mass is 497 g/mol. The lowest BCUT2D eigenvalue weighted by molar-refractivity contribution is -0.126. The highest BCUT2D eigenvalue weighted by Gasteiger charge is 2.30. The maximum absolute atomic E-state index is 13.1. The van der Waals surface area contributed by atoms with Crippen LogP contribution in [0.5, 0.6) is 23.0 Å². The van der Waals surface area contributed by atoms with E-state index in [1.54, 1.807) is 30.3 Å². The molecule has 0 N–H and O–H groups in total. The van der Waals surface area contributed by atoms with E-state index in [1.165, 1.54) is 21.1 Å². The van der Waals surface area contributed by atoms with Gasteiger partial charge in [-0.05, 0) is 32.9 Å². The van der Waals surface area contributed by atoms with E-state index in [1.807, 2.05) is 13.8 Å². The van der Waals surface area contributed by atoms with Crippen molar-refractivity contribution in [1.82, 2.24) is 0 Å². The number of carbonyl (C=O) groups excluding carboxylic acids is 2. The number of amides is 1. The zero-order chi connectivity index (χ0) is 24.5. The van der Waals surface area contributed by atoms with Gasteiger partial charge in [-0.25, -0.2) is 4.42 Å². The maximum Gasteiger partial charge on any atom is 0.276 e. The molecule has 2 aromatic carbocycles. The first-order valence-corrected chi connectivity index (χ1v) is 10.7. The SMILES string of the molecule is CCOc1cc(OCC)cc(N(Cl)C(=O)C(N=Nc2c(OC)ccc(Cl)c2OC)C(C)=O)c1. The molecule has 1 unspecified atom stereocenters. The average molecular weight is 498 g/mol. The van der Waals surface area contributed by atoms with Crippen LogP contribution in [0.1, 0.15) is 20.8 Å². The lowest BCUT2D eigenvalue weighted by Crippen LogP contribution is -2.36. The van der Waals surface area contributed by atoms with Crippen LogP contribution in [-0.4, -0.2) is 45.2 Å². The first-order chi connectivity index (χ1) is 15.8. The lowest BCUT2D eigenvalue weighted by Gasteiger charge is -2.19. The Hall–Kier alpha value is -3.04. The molecule has 1 atom stereocenters. The molecular formula is C22H25Cl2N3O6. The number of hydrogen-bond donors (Lipinski definition) is 0. The van der Waals surface area contributed by atoms with Crippen molar-refractivity contribution in [3.8, 4) is 23.0 Å². The molecule has 0 heterocycles. The Morgan fingerprint density at radius 2 is 1.64 bits per heavy atom. The Kier molecular flexibility index (Phi) is 9.74. The van der Waals surface area contributed by atoms with Gasteiger partial charge < -0.3 is 18.9 Å². The molecule has 2 aromatic rings. The molecule has 0 aliphatic rings. The van der Waals surface area contributed by atoms with Crippen LogP contribution in [0.2, 0.25) is 5.02 Å². The summed E-state index contributed by atoms with van der Waals surface area (Å²) in [6.07, 6.45) is 0. The first-order valence-electron chi connectivity index (χ1n) is 9.99. The molecule has 0 bridgehead atoms. The number of ether oxygens (including phenoxy) is 4. The fourth-order valence-corrected chi connectivity index (χ4v) is 3.23. The lowest BCUT2D eigenvalue weighted by atomic mass is 10.2. The fraction of sp³-hybridized carbons (Fsp3) is 0.364. The quantitative estimate of drug-likeness (QED) is 0.234. The molecule has 33 heavy (non-hydrogen) atoms. The Labute approximate surface area is 202 Å². The number of nitrogens with zero attached hydrogens (tertiary/aromatic N) is 3. The Bertz CT molecular complexity index is 1010. The van der Waals surface area contributed by atoms with E-state index in [2.05, 4.69) is 10.2 Å². The van der Waals surface area contributed by atoms with E-state index in [9.17, 15) is 9.59 Å². The van der Waals surface area contributed by atoms with Crippen molar-refractivity contribution in [2.24, 2.45) is 10.2 Å². The van der Waals surface area contributed by atoms with Gasteiger partial charge in [0.2, 0.25) is 6.04 Å². The predicted octanol–water partition coefficient (Wildman–Crippen LogP) is 5.38. The zero-order valence-electron chi connectivity index (χ0n) is 18.9. The summed E-state index contributed by atoms with van der Waals surface area (Å²) in [6, 6.07) is 6.37. The van der Waals surface area contributed by atoms with Gasteiger partial charge in [0.25, 0.3) is 5.91 Å². The van der Waals surface area contributed by atoms with E-state index in [0.29, 0.717) is 30.5 Å². The number of methoxy groups -OCH3 is 2. The molecule has 178 valence electrons. The number of anilines is 1. The molecule has 0 aliphatic carbocycles. The van der Waals surface area contributed by atoms with Gasteiger partial charge in [-0.1, -0.05) is 11.6 Å². The van der Waals surface area contributed by atoms with Crippen LogP contribution < -0.4 is 23.4 Å². The van der Waals surface area contributed by atoms with E-state index >= 15 is 0 Å². The Balaban J connectivity index is 2.42. The molecule has 11 heteroatoms. The third-order valence-corrected chi connectivity index (χ3v) is 4.93. The van der Waals surface area contributed by atoms with Gasteiger partial charge >= 0.3 is 0 Å². The van der Waals surface area contributed by atoms with Crippen LogP contribution in [0.4, 0.5) is 11.4 Å². The standard InChI is InChI=1S/C22H25Cl2N3O6/c1-6-32-15-10-14(11-16(12-15)33-7-2)27(24)22(29)19(13(3)28)25-26-20-18(30-4)9-8-17(23)21(20)31-5/h8-12,19H,6-7H2,1-5H3. The van der Waals surface area contributed by atoms with Crippen molar-refractivity contribution in [2.45, 2.75) is 26.8 Å². The van der Waals surface area contributed by atoms with Gasteiger partial charge in [-0.15, -0.1) is 5.11 Å². The van der Waals surface area contributed by atoms with Crippen molar-refractivity contribution in [3.63, 3.8) is 0 Å². The second kappa shape index (κ2) is 12.3. The highest BCUT2D eigenvalue weighted by atomic mass is 35.5. The minimum absolute atomic E-state index is 0.129. The number of benzene rings is 2. The smallest absolute Gasteiger partial charge is 0.276 e. The van der Waals surface area contributed by atoms with Crippen molar-refractivity contribution in [2.75, 3.05) is 31.9 Å². The third-order valence-electron chi connectivity index (χ3n) is 4.27. The van der Waals surface area contributed by atoms with Crippen LogP contribution >= 0.6 is 23.4 Å². The highest BCUT2D eigenvalue weighted by Crippen LogP contribution is 2.42. The number of ketones is 1. The van der Waals surface area contributed by atoms with Crippen molar-refractivity contribution >= 4 is 46.4 Å². The van der Waals surface area contributed by atoms with Crippen molar-refractivity contribution < 1.29 is 28.5 Å². The maximum atomic E-state index is 13.1. The summed E-state index contributed by atoms with van der Waals surface area (Å²) in [5, 5.41) is 8.23. The molecule has 0 saturated heterocycles. The van der Waals surface area contributed by atoms with Crippen LogP contribution in [0.15, 0.2) is 40.6 Å². The topological polar surface area (TPSA) is 99.0 Å². The number of rotatable bonds is 11. The van der Waals surface area contributed by atoms with Gasteiger partial charge in [0.15, 0.2) is 17.2 Å². The zero-order valence-corrected chi connectivity index (χ0v) is 20.4.